The molecule has 0 spiro atoms. The first-order valence-electron chi connectivity index (χ1n) is 4.72. The lowest BCUT2D eigenvalue weighted by atomic mass is 10.0. The second-order valence-corrected chi connectivity index (χ2v) is 26.6. The average Bonchev–Trinajstić information content (AvgIpc) is 2.16. The van der Waals surface area contributed by atoms with Crippen molar-refractivity contribution in [2.24, 2.45) is 0 Å². The largest absolute Gasteiger partial charge is 0.363 e. The fourth-order valence-corrected chi connectivity index (χ4v) is 8.17. The van der Waals surface area contributed by atoms with Crippen LogP contribution in [-0.2, 0) is 0 Å². The van der Waals surface area contributed by atoms with Gasteiger partial charge in [-0.05, 0) is 16.7 Å². The van der Waals surface area contributed by atoms with Gasteiger partial charge in [0.25, 0.3) is 0 Å². The van der Waals surface area contributed by atoms with Crippen molar-refractivity contribution in [2.75, 3.05) is 0 Å². The molecule has 0 atom stereocenters. The summed E-state index contributed by atoms with van der Waals surface area (Å²) >= 11 is 30.7. The number of rotatable bonds is 3. The molecule has 0 aliphatic rings. The zero-order valence-electron chi connectivity index (χ0n) is 8.78. The molecule has 0 heterocycles. The summed E-state index contributed by atoms with van der Waals surface area (Å²) < 4.78 is 0. The Morgan fingerprint density at radius 3 is 1.88 bits per heavy atom. The van der Waals surface area contributed by atoms with Gasteiger partial charge in [-0.3, -0.25) is 0 Å². The van der Waals surface area contributed by atoms with Crippen LogP contribution in [0.25, 0.3) is 0 Å². The molecule has 1 rings (SSSR count). The average molecular weight is 353 g/mol. The van der Waals surface area contributed by atoms with Crippen molar-refractivity contribution in [3.63, 3.8) is 0 Å². The summed E-state index contributed by atoms with van der Waals surface area (Å²) in [5.74, 6) is 0.307. The van der Waals surface area contributed by atoms with Crippen molar-refractivity contribution in [3.8, 4) is 0 Å². The van der Waals surface area contributed by atoms with Gasteiger partial charge in [-0.1, -0.05) is 38.1 Å². The van der Waals surface area contributed by atoms with Crippen molar-refractivity contribution in [1.29, 1.82) is 0 Å². The first-order valence-corrected chi connectivity index (χ1v) is 14.8. The van der Waals surface area contributed by atoms with Crippen LogP contribution in [0.1, 0.15) is 25.3 Å². The highest BCUT2D eigenvalue weighted by atomic mass is 35.9. The van der Waals surface area contributed by atoms with Gasteiger partial charge in [0, 0.05) is 0 Å². The molecule has 0 aromatic heterocycles. The lowest BCUT2D eigenvalue weighted by Crippen LogP contribution is -2.54. The Bertz CT molecular complexity index is 372. The molecule has 16 heavy (non-hydrogen) atoms. The van der Waals surface area contributed by atoms with Gasteiger partial charge in [-0.2, -0.15) is 0 Å². The van der Waals surface area contributed by atoms with E-state index in [-0.39, 0.29) is 0 Å². The number of hydrogen-bond donors (Lipinski definition) is 0. The lowest BCUT2D eigenvalue weighted by Gasteiger charge is -2.26. The van der Waals surface area contributed by atoms with Crippen molar-refractivity contribution < 1.29 is 0 Å². The highest BCUT2D eigenvalue weighted by molar-refractivity contribution is 8.04. The fourth-order valence-electron chi connectivity index (χ4n) is 1.44. The molecule has 7 heteroatoms. The van der Waals surface area contributed by atoms with Gasteiger partial charge in [-0.25, -0.2) is 0 Å². The fraction of sp³-hybridized carbons (Fsp3) is 0.333. The number of halogens is 5. The van der Waals surface area contributed by atoms with Crippen LogP contribution in [0.15, 0.2) is 24.3 Å². The molecule has 0 fully saturated rings. The van der Waals surface area contributed by atoms with Crippen LogP contribution in [0.2, 0.25) is 0 Å². The van der Waals surface area contributed by atoms with Crippen molar-refractivity contribution >= 4 is 72.3 Å². The van der Waals surface area contributed by atoms with E-state index in [1.165, 1.54) is 0 Å². The van der Waals surface area contributed by atoms with Crippen molar-refractivity contribution in [3.05, 3.63) is 29.8 Å². The summed E-state index contributed by atoms with van der Waals surface area (Å²) in [6.45, 7) is 4.13. The van der Waals surface area contributed by atoms with Gasteiger partial charge < -0.3 is 0 Å². The molecule has 1 aromatic rings. The molecular formula is C9H11Cl5Si2. The van der Waals surface area contributed by atoms with Crippen LogP contribution >= 0.6 is 55.4 Å². The van der Waals surface area contributed by atoms with Crippen LogP contribution in [0.4, 0.5) is 0 Å². The minimum atomic E-state index is -3.12. The standard InChI is InChI=1S/C9H11Cl5Si2/c1-7(2)8-5-3-4-6-9(8)15(10,11)16(12,13)14/h3-7H,1-2H3. The summed E-state index contributed by atoms with van der Waals surface area (Å²) in [6, 6.07) is 7.67. The molecule has 1 aromatic carbocycles. The van der Waals surface area contributed by atoms with Crippen LogP contribution in [-0.4, -0.2) is 11.7 Å². The minimum absolute atomic E-state index is 0.307. The summed E-state index contributed by atoms with van der Waals surface area (Å²) in [5, 5.41) is 0.833. The smallest absolute Gasteiger partial charge is 0.139 e. The zero-order chi connectivity index (χ0) is 12.6. The molecule has 0 radical (unpaired) electrons. The Balaban J connectivity index is 3.33. The molecule has 0 amide bonds. The van der Waals surface area contributed by atoms with E-state index in [0.29, 0.717) is 5.92 Å². The maximum Gasteiger partial charge on any atom is 0.363 e. The number of benzene rings is 1. The van der Waals surface area contributed by atoms with E-state index in [0.717, 1.165) is 10.8 Å². The Kier molecular flexibility index (Phi) is 5.11. The third kappa shape index (κ3) is 3.11. The molecule has 0 bridgehead atoms. The Morgan fingerprint density at radius 1 is 0.938 bits per heavy atom. The molecule has 0 saturated heterocycles. The second-order valence-electron chi connectivity index (χ2n) is 3.81. The zero-order valence-corrected chi connectivity index (χ0v) is 14.6. The SMILES string of the molecule is CC(C)c1ccccc1[Si](Cl)(Cl)[Si](Cl)(Cl)Cl. The van der Waals surface area contributed by atoms with E-state index in [2.05, 4.69) is 13.8 Å². The molecule has 0 unspecified atom stereocenters. The molecular weight excluding hydrogens is 342 g/mol. The van der Waals surface area contributed by atoms with Crippen LogP contribution in [0.3, 0.4) is 0 Å². The quantitative estimate of drug-likeness (QED) is 0.548. The molecule has 0 saturated carbocycles. The monoisotopic (exact) mass is 350 g/mol. The Hall–Kier alpha value is 1.10. The maximum absolute atomic E-state index is 6.36. The number of hydrogen-bond acceptors (Lipinski definition) is 0. The Morgan fingerprint density at radius 2 is 1.44 bits per heavy atom. The first-order chi connectivity index (χ1) is 7.18. The molecule has 0 N–H and O–H groups in total. The van der Waals surface area contributed by atoms with E-state index in [1.807, 2.05) is 24.3 Å². The third-order valence-corrected chi connectivity index (χ3v) is 26.3. The van der Waals surface area contributed by atoms with E-state index >= 15 is 0 Å². The van der Waals surface area contributed by atoms with Gasteiger partial charge in [0.2, 0.25) is 0 Å². The predicted octanol–water partition coefficient (Wildman–Crippen LogP) is 4.67. The summed E-state index contributed by atoms with van der Waals surface area (Å²) in [5.41, 5.74) is -2.05. The van der Waals surface area contributed by atoms with Gasteiger partial charge in [-0.15, -0.1) is 55.4 Å². The third-order valence-electron chi connectivity index (χ3n) is 2.28. The van der Waals surface area contributed by atoms with Crippen molar-refractivity contribution in [2.45, 2.75) is 19.8 Å². The van der Waals surface area contributed by atoms with Gasteiger partial charge in [0.15, 0.2) is 0 Å². The minimum Gasteiger partial charge on any atom is -0.139 e. The van der Waals surface area contributed by atoms with E-state index in [9.17, 15) is 0 Å². The van der Waals surface area contributed by atoms with Crippen LogP contribution in [0.5, 0.6) is 0 Å². The van der Waals surface area contributed by atoms with Crippen molar-refractivity contribution in [1.82, 2.24) is 0 Å². The molecule has 0 aliphatic heterocycles. The van der Waals surface area contributed by atoms with Gasteiger partial charge >= 0.3 is 11.7 Å². The first kappa shape index (κ1) is 15.2. The predicted molar refractivity (Wildman–Crippen MR) is 80.9 cm³/mol. The summed E-state index contributed by atoms with van der Waals surface area (Å²) in [7, 11) is 0. The van der Waals surface area contributed by atoms with E-state index < -0.39 is 11.7 Å². The Labute approximate surface area is 121 Å². The molecule has 90 valence electrons. The topological polar surface area (TPSA) is 0 Å². The highest BCUT2D eigenvalue weighted by Crippen LogP contribution is 2.38. The highest BCUT2D eigenvalue weighted by Gasteiger charge is 2.55. The summed E-state index contributed by atoms with van der Waals surface area (Å²) in [6.07, 6.45) is -3.01. The van der Waals surface area contributed by atoms with Gasteiger partial charge in [0.1, 0.15) is 0 Å². The molecule has 0 aliphatic carbocycles. The summed E-state index contributed by atoms with van der Waals surface area (Å²) in [4.78, 5) is 0. The normalized spacial score (nSPS) is 13.2. The van der Waals surface area contributed by atoms with Crippen LogP contribution in [0, 0.1) is 0 Å². The van der Waals surface area contributed by atoms with E-state index in [1.54, 1.807) is 0 Å². The van der Waals surface area contributed by atoms with Gasteiger partial charge in [0.05, 0.1) is 0 Å². The maximum atomic E-state index is 6.36. The second kappa shape index (κ2) is 5.39. The molecule has 0 nitrogen and oxygen atoms in total. The lowest BCUT2D eigenvalue weighted by molar-refractivity contribution is 0.873. The van der Waals surface area contributed by atoms with Crippen LogP contribution < -0.4 is 5.19 Å². The van der Waals surface area contributed by atoms with E-state index in [4.69, 9.17) is 55.4 Å².